The minimum absolute atomic E-state index is 0.0378. The van der Waals surface area contributed by atoms with Crippen LogP contribution in [0.15, 0.2) is 0 Å². The molecule has 2 amide bonds. The molecule has 94 valence electrons. The van der Waals surface area contributed by atoms with Gasteiger partial charge in [0.15, 0.2) is 0 Å². The molecule has 5 heteroatoms. The summed E-state index contributed by atoms with van der Waals surface area (Å²) in [5.74, 6) is -0.216. The van der Waals surface area contributed by atoms with Crippen LogP contribution in [0.4, 0.5) is 0 Å². The van der Waals surface area contributed by atoms with Gasteiger partial charge in [0.05, 0.1) is 12.6 Å². The maximum atomic E-state index is 11.7. The summed E-state index contributed by atoms with van der Waals surface area (Å²) in [4.78, 5) is 26.5. The van der Waals surface area contributed by atoms with E-state index < -0.39 is 6.04 Å². The van der Waals surface area contributed by atoms with Crippen LogP contribution in [0, 0.1) is 0 Å². The molecule has 0 unspecified atom stereocenters. The predicted octanol–water partition coefficient (Wildman–Crippen LogP) is 0.0505. The molecule has 0 rings (SSSR count). The highest BCUT2D eigenvalue weighted by Crippen LogP contribution is 1.97. The van der Waals surface area contributed by atoms with E-state index in [4.69, 9.17) is 5.73 Å². The summed E-state index contributed by atoms with van der Waals surface area (Å²) in [6.07, 6.45) is 0.586. The Balaban J connectivity index is 4.28. The van der Waals surface area contributed by atoms with E-state index in [1.54, 1.807) is 11.9 Å². The van der Waals surface area contributed by atoms with Crippen molar-refractivity contribution in [2.45, 2.75) is 33.2 Å². The molecule has 0 spiro atoms. The first-order valence-electron chi connectivity index (χ1n) is 5.76. The Kier molecular flexibility index (Phi) is 6.72. The summed E-state index contributed by atoms with van der Waals surface area (Å²) in [5.41, 5.74) is 5.62. The highest BCUT2D eigenvalue weighted by atomic mass is 16.2. The average molecular weight is 229 g/mol. The van der Waals surface area contributed by atoms with Gasteiger partial charge in [-0.05, 0) is 20.3 Å². The van der Waals surface area contributed by atoms with Crippen LogP contribution in [0.5, 0.6) is 0 Å². The molecule has 0 aromatic rings. The van der Waals surface area contributed by atoms with Gasteiger partial charge < -0.3 is 15.5 Å². The Morgan fingerprint density at radius 2 is 1.69 bits per heavy atom. The lowest BCUT2D eigenvalue weighted by Crippen LogP contribution is -2.46. The largest absolute Gasteiger partial charge is 0.342 e. The van der Waals surface area contributed by atoms with E-state index in [9.17, 15) is 9.59 Å². The molecule has 0 bridgehead atoms. The molecule has 0 aliphatic heterocycles. The molecular weight excluding hydrogens is 206 g/mol. The van der Waals surface area contributed by atoms with Crippen molar-refractivity contribution in [3.05, 3.63) is 0 Å². The van der Waals surface area contributed by atoms with Gasteiger partial charge in [-0.1, -0.05) is 6.92 Å². The number of nitrogens with two attached hydrogens (primary N) is 1. The van der Waals surface area contributed by atoms with E-state index in [0.29, 0.717) is 19.5 Å². The van der Waals surface area contributed by atoms with Crippen molar-refractivity contribution < 1.29 is 9.59 Å². The van der Waals surface area contributed by atoms with Crippen LogP contribution in [0.1, 0.15) is 27.2 Å². The lowest BCUT2D eigenvalue weighted by Gasteiger charge is -2.24. The molecule has 0 aliphatic carbocycles. The van der Waals surface area contributed by atoms with E-state index in [0.717, 1.165) is 0 Å². The fourth-order valence-corrected chi connectivity index (χ4v) is 1.41. The fourth-order valence-electron chi connectivity index (χ4n) is 1.41. The summed E-state index contributed by atoms with van der Waals surface area (Å²) >= 11 is 0. The number of amides is 2. The zero-order chi connectivity index (χ0) is 12.7. The van der Waals surface area contributed by atoms with Gasteiger partial charge in [0.25, 0.3) is 0 Å². The second-order valence-corrected chi connectivity index (χ2v) is 3.78. The van der Waals surface area contributed by atoms with Crippen LogP contribution in [0.25, 0.3) is 0 Å². The van der Waals surface area contributed by atoms with Crippen LogP contribution in [0.2, 0.25) is 0 Å². The molecular formula is C11H23N3O2. The third kappa shape index (κ3) is 4.18. The van der Waals surface area contributed by atoms with Crippen molar-refractivity contribution in [1.82, 2.24) is 9.80 Å². The van der Waals surface area contributed by atoms with E-state index in [1.165, 1.54) is 4.90 Å². The number of hydrogen-bond acceptors (Lipinski definition) is 3. The average Bonchev–Trinajstić information content (AvgIpc) is 2.28. The van der Waals surface area contributed by atoms with Crippen molar-refractivity contribution in [2.24, 2.45) is 5.73 Å². The number of carbonyl (C=O) groups excluding carboxylic acids is 2. The monoisotopic (exact) mass is 229 g/mol. The summed E-state index contributed by atoms with van der Waals surface area (Å²) in [7, 11) is 1.61. The summed E-state index contributed by atoms with van der Waals surface area (Å²) in [6, 6.07) is -0.505. The zero-order valence-electron chi connectivity index (χ0n) is 10.7. The van der Waals surface area contributed by atoms with Crippen LogP contribution >= 0.6 is 0 Å². The van der Waals surface area contributed by atoms with E-state index in [1.807, 2.05) is 20.8 Å². The smallest absolute Gasteiger partial charge is 0.242 e. The Labute approximate surface area is 97.6 Å². The number of hydrogen-bond donors (Lipinski definition) is 1. The van der Waals surface area contributed by atoms with Crippen molar-refractivity contribution in [3.63, 3.8) is 0 Å². The molecule has 16 heavy (non-hydrogen) atoms. The molecule has 0 fully saturated rings. The van der Waals surface area contributed by atoms with Crippen LogP contribution in [0.3, 0.4) is 0 Å². The van der Waals surface area contributed by atoms with Gasteiger partial charge in [-0.2, -0.15) is 0 Å². The summed E-state index contributed by atoms with van der Waals surface area (Å²) in [6.45, 7) is 7.12. The van der Waals surface area contributed by atoms with Gasteiger partial charge >= 0.3 is 0 Å². The summed E-state index contributed by atoms with van der Waals surface area (Å²) < 4.78 is 0. The Morgan fingerprint density at radius 1 is 1.19 bits per heavy atom. The SMILES string of the molecule is CC[C@@H](N)C(=O)N(C)CC(=O)N(CC)CC. The quantitative estimate of drug-likeness (QED) is 0.700. The van der Waals surface area contributed by atoms with Gasteiger partial charge in [0.2, 0.25) is 11.8 Å². The first-order valence-corrected chi connectivity index (χ1v) is 5.76. The third-order valence-corrected chi connectivity index (χ3v) is 2.62. The molecule has 0 aromatic heterocycles. The minimum Gasteiger partial charge on any atom is -0.342 e. The van der Waals surface area contributed by atoms with Crippen molar-refractivity contribution in [1.29, 1.82) is 0 Å². The van der Waals surface area contributed by atoms with Gasteiger partial charge in [-0.15, -0.1) is 0 Å². The molecule has 5 nitrogen and oxygen atoms in total. The van der Waals surface area contributed by atoms with Crippen molar-refractivity contribution >= 4 is 11.8 Å². The van der Waals surface area contributed by atoms with Crippen LogP contribution in [-0.4, -0.2) is 54.3 Å². The van der Waals surface area contributed by atoms with Gasteiger partial charge in [0.1, 0.15) is 0 Å². The van der Waals surface area contributed by atoms with E-state index in [-0.39, 0.29) is 18.4 Å². The maximum Gasteiger partial charge on any atom is 0.242 e. The van der Waals surface area contributed by atoms with Gasteiger partial charge in [0, 0.05) is 20.1 Å². The minimum atomic E-state index is -0.505. The standard InChI is InChI=1S/C11H23N3O2/c1-5-9(12)11(16)13(4)8-10(15)14(6-2)7-3/h9H,5-8,12H2,1-4H3/t9-/m1/s1. The molecule has 0 aliphatic rings. The summed E-state index contributed by atoms with van der Waals surface area (Å²) in [5, 5.41) is 0. The topological polar surface area (TPSA) is 66.6 Å². The predicted molar refractivity (Wildman–Crippen MR) is 63.8 cm³/mol. The maximum absolute atomic E-state index is 11.7. The fraction of sp³-hybridized carbons (Fsp3) is 0.818. The normalized spacial score (nSPS) is 12.1. The Morgan fingerprint density at radius 3 is 2.06 bits per heavy atom. The zero-order valence-corrected chi connectivity index (χ0v) is 10.7. The Hall–Kier alpha value is -1.10. The van der Waals surface area contributed by atoms with E-state index >= 15 is 0 Å². The van der Waals surface area contributed by atoms with Gasteiger partial charge in [-0.25, -0.2) is 0 Å². The van der Waals surface area contributed by atoms with Crippen LogP contribution < -0.4 is 5.73 Å². The number of nitrogens with zero attached hydrogens (tertiary/aromatic N) is 2. The molecule has 2 N–H and O–H groups in total. The second-order valence-electron chi connectivity index (χ2n) is 3.78. The molecule has 0 radical (unpaired) electrons. The molecule has 0 saturated heterocycles. The third-order valence-electron chi connectivity index (χ3n) is 2.62. The first-order chi connectivity index (χ1) is 7.47. The molecule has 0 saturated carbocycles. The first kappa shape index (κ1) is 14.9. The number of carbonyl (C=O) groups is 2. The highest BCUT2D eigenvalue weighted by Gasteiger charge is 2.20. The van der Waals surface area contributed by atoms with Crippen molar-refractivity contribution in [2.75, 3.05) is 26.7 Å². The molecule has 0 aromatic carbocycles. The number of rotatable bonds is 6. The molecule has 1 atom stereocenters. The second kappa shape index (κ2) is 7.22. The van der Waals surface area contributed by atoms with Crippen LogP contribution in [-0.2, 0) is 9.59 Å². The number of likely N-dealkylation sites (N-methyl/N-ethyl adjacent to an activating group) is 2. The van der Waals surface area contributed by atoms with E-state index in [2.05, 4.69) is 0 Å². The van der Waals surface area contributed by atoms with Gasteiger partial charge in [-0.3, -0.25) is 9.59 Å². The van der Waals surface area contributed by atoms with Crippen molar-refractivity contribution in [3.8, 4) is 0 Å². The molecule has 0 heterocycles. The lowest BCUT2D eigenvalue weighted by molar-refractivity contribution is -0.139. The highest BCUT2D eigenvalue weighted by molar-refractivity contribution is 5.87. The Bertz CT molecular complexity index is 239. The lowest BCUT2D eigenvalue weighted by atomic mass is 10.2.